The first-order chi connectivity index (χ1) is 16.4. The minimum absolute atomic E-state index is 0.155. The lowest BCUT2D eigenvalue weighted by Gasteiger charge is -2.28. The molecule has 1 saturated heterocycles. The largest absolute Gasteiger partial charge is 0.372 e. The van der Waals surface area contributed by atoms with E-state index >= 15 is 0 Å². The van der Waals surface area contributed by atoms with Gasteiger partial charge in [0, 0.05) is 25.3 Å². The number of carbonyl (C=O) groups excluding carboxylic acids is 1. The number of piperidine rings is 1. The second kappa shape index (κ2) is 10.7. The first kappa shape index (κ1) is 23.8. The maximum atomic E-state index is 13.1. The third-order valence-electron chi connectivity index (χ3n) is 6.10. The number of amides is 1. The van der Waals surface area contributed by atoms with E-state index in [1.165, 1.54) is 29.3 Å². The molecule has 1 amide bonds. The number of nitrogens with one attached hydrogen (secondary N) is 1. The monoisotopic (exact) mass is 477 g/mol. The van der Waals surface area contributed by atoms with E-state index < -0.39 is 10.0 Å². The van der Waals surface area contributed by atoms with Crippen LogP contribution in [0.2, 0.25) is 0 Å². The Bertz CT molecular complexity index is 1210. The molecule has 3 aromatic carbocycles. The fourth-order valence-electron chi connectivity index (χ4n) is 4.27. The number of carbonyl (C=O) groups is 1. The third-order valence-corrected chi connectivity index (χ3v) is 7.22. The maximum Gasteiger partial charge on any atom is 0.253 e. The molecule has 0 atom stereocenters. The number of benzene rings is 3. The van der Waals surface area contributed by atoms with Gasteiger partial charge in [-0.25, -0.2) is 8.42 Å². The molecule has 1 aliphatic heterocycles. The molecule has 6 nitrogen and oxygen atoms in total. The lowest BCUT2D eigenvalue weighted by atomic mass is 10.1. The van der Waals surface area contributed by atoms with Crippen LogP contribution >= 0.6 is 0 Å². The van der Waals surface area contributed by atoms with Gasteiger partial charge in [-0.05, 0) is 54.7 Å². The van der Waals surface area contributed by atoms with Crippen LogP contribution in [-0.4, -0.2) is 33.7 Å². The summed E-state index contributed by atoms with van der Waals surface area (Å²) >= 11 is 0. The molecule has 1 heterocycles. The molecule has 0 bridgehead atoms. The fourth-order valence-corrected chi connectivity index (χ4v) is 5.17. The summed E-state index contributed by atoms with van der Waals surface area (Å²) in [5, 5.41) is 2.95. The Morgan fingerprint density at radius 3 is 2.18 bits per heavy atom. The minimum Gasteiger partial charge on any atom is -0.372 e. The Hall–Kier alpha value is -3.32. The highest BCUT2D eigenvalue weighted by molar-refractivity contribution is 7.92. The highest BCUT2D eigenvalue weighted by atomic mass is 32.2. The van der Waals surface area contributed by atoms with E-state index in [-0.39, 0.29) is 12.5 Å². The Kier molecular flexibility index (Phi) is 7.53. The van der Waals surface area contributed by atoms with Crippen molar-refractivity contribution in [3.8, 4) is 0 Å². The minimum atomic E-state index is -3.61. The Labute approximate surface area is 202 Å². The van der Waals surface area contributed by atoms with Crippen LogP contribution in [0.4, 0.5) is 11.4 Å². The van der Waals surface area contributed by atoms with E-state index in [0.717, 1.165) is 30.5 Å². The topological polar surface area (TPSA) is 69.7 Å². The van der Waals surface area contributed by atoms with Crippen molar-refractivity contribution < 1.29 is 13.2 Å². The van der Waals surface area contributed by atoms with Crippen molar-refractivity contribution in [3.63, 3.8) is 0 Å². The number of hydrogen-bond acceptors (Lipinski definition) is 4. The molecule has 7 heteroatoms. The van der Waals surface area contributed by atoms with Crippen LogP contribution in [0.3, 0.4) is 0 Å². The molecular formula is C27H31N3O3S. The number of nitrogens with zero attached hydrogens (tertiary/aromatic N) is 2. The summed E-state index contributed by atoms with van der Waals surface area (Å²) in [6.45, 7) is 2.70. The van der Waals surface area contributed by atoms with Crippen molar-refractivity contribution in [2.45, 2.75) is 32.4 Å². The zero-order valence-corrected chi connectivity index (χ0v) is 20.3. The normalized spacial score (nSPS) is 14.0. The predicted molar refractivity (Wildman–Crippen MR) is 138 cm³/mol. The highest BCUT2D eigenvalue weighted by Gasteiger charge is 2.23. The zero-order chi connectivity index (χ0) is 24.0. The van der Waals surface area contributed by atoms with Gasteiger partial charge in [-0.3, -0.25) is 9.10 Å². The second-order valence-corrected chi connectivity index (χ2v) is 10.6. The molecule has 0 saturated carbocycles. The van der Waals surface area contributed by atoms with E-state index in [2.05, 4.69) is 22.3 Å². The SMILES string of the molecule is CS(=O)(=O)N(Cc1ccccc1)c1ccccc1C(=O)NCc1ccc(N2CCCCC2)cc1. The number of rotatable bonds is 8. The molecule has 0 spiro atoms. The van der Waals surface area contributed by atoms with Gasteiger partial charge >= 0.3 is 0 Å². The summed E-state index contributed by atoms with van der Waals surface area (Å²) in [4.78, 5) is 15.5. The van der Waals surface area contributed by atoms with Crippen molar-refractivity contribution >= 4 is 27.3 Å². The van der Waals surface area contributed by atoms with Crippen LogP contribution in [0.5, 0.6) is 0 Å². The van der Waals surface area contributed by atoms with Gasteiger partial charge in [0.15, 0.2) is 0 Å². The molecule has 0 aliphatic carbocycles. The van der Waals surface area contributed by atoms with Crippen LogP contribution in [0.15, 0.2) is 78.9 Å². The number of anilines is 2. The van der Waals surface area contributed by atoms with Crippen molar-refractivity contribution in [2.24, 2.45) is 0 Å². The van der Waals surface area contributed by atoms with Crippen molar-refractivity contribution in [1.82, 2.24) is 5.32 Å². The van der Waals surface area contributed by atoms with Gasteiger partial charge in [0.2, 0.25) is 10.0 Å². The zero-order valence-electron chi connectivity index (χ0n) is 19.5. The van der Waals surface area contributed by atoms with Gasteiger partial charge in [0.1, 0.15) is 0 Å². The quantitative estimate of drug-likeness (QED) is 0.516. The van der Waals surface area contributed by atoms with Crippen LogP contribution in [0, 0.1) is 0 Å². The molecule has 1 N–H and O–H groups in total. The van der Waals surface area contributed by atoms with E-state index in [1.807, 2.05) is 42.5 Å². The number of para-hydroxylation sites is 1. The Balaban J connectivity index is 1.48. The third kappa shape index (κ3) is 5.97. The molecule has 34 heavy (non-hydrogen) atoms. The van der Waals surface area contributed by atoms with E-state index in [1.54, 1.807) is 24.3 Å². The van der Waals surface area contributed by atoms with Crippen LogP contribution in [0.1, 0.15) is 40.7 Å². The number of sulfonamides is 1. The van der Waals surface area contributed by atoms with Crippen molar-refractivity contribution in [1.29, 1.82) is 0 Å². The fraction of sp³-hybridized carbons (Fsp3) is 0.296. The van der Waals surface area contributed by atoms with E-state index in [4.69, 9.17) is 0 Å². The van der Waals surface area contributed by atoms with Crippen LogP contribution in [-0.2, 0) is 23.1 Å². The summed E-state index contributed by atoms with van der Waals surface area (Å²) in [7, 11) is -3.61. The standard InChI is InChI=1S/C27H31N3O3S/c1-34(32,33)30(21-23-10-4-2-5-11-23)26-13-7-6-12-25(26)27(31)28-20-22-14-16-24(17-15-22)29-18-8-3-9-19-29/h2,4-7,10-17H,3,8-9,18-21H2,1H3,(H,28,31). The average molecular weight is 478 g/mol. The second-order valence-electron chi connectivity index (χ2n) is 8.67. The highest BCUT2D eigenvalue weighted by Crippen LogP contribution is 2.25. The summed E-state index contributed by atoms with van der Waals surface area (Å²) in [5.41, 5.74) is 3.75. The molecular weight excluding hydrogens is 446 g/mol. The summed E-state index contributed by atoms with van der Waals surface area (Å²) in [6.07, 6.45) is 4.91. The summed E-state index contributed by atoms with van der Waals surface area (Å²) in [6, 6.07) is 24.5. The molecule has 178 valence electrons. The molecule has 1 aliphatic rings. The van der Waals surface area contributed by atoms with Crippen molar-refractivity contribution in [3.05, 3.63) is 95.6 Å². The molecule has 0 unspecified atom stereocenters. The smallest absolute Gasteiger partial charge is 0.253 e. The van der Waals surface area contributed by atoms with Gasteiger partial charge in [0.25, 0.3) is 5.91 Å². The molecule has 4 rings (SSSR count). The van der Waals surface area contributed by atoms with Crippen LogP contribution < -0.4 is 14.5 Å². The summed E-state index contributed by atoms with van der Waals surface area (Å²) < 4.78 is 26.6. The van der Waals surface area contributed by atoms with Gasteiger partial charge < -0.3 is 10.2 Å². The number of hydrogen-bond donors (Lipinski definition) is 1. The van der Waals surface area contributed by atoms with Gasteiger partial charge in [0.05, 0.1) is 24.1 Å². The van der Waals surface area contributed by atoms with Crippen LogP contribution in [0.25, 0.3) is 0 Å². The van der Waals surface area contributed by atoms with E-state index in [0.29, 0.717) is 17.8 Å². The Morgan fingerprint density at radius 2 is 1.50 bits per heavy atom. The average Bonchev–Trinajstić information content (AvgIpc) is 2.87. The van der Waals surface area contributed by atoms with Gasteiger partial charge in [-0.2, -0.15) is 0 Å². The Morgan fingerprint density at radius 1 is 0.853 bits per heavy atom. The van der Waals surface area contributed by atoms with Crippen molar-refractivity contribution in [2.75, 3.05) is 28.6 Å². The van der Waals surface area contributed by atoms with E-state index in [9.17, 15) is 13.2 Å². The first-order valence-electron chi connectivity index (χ1n) is 11.6. The van der Waals surface area contributed by atoms with Gasteiger partial charge in [-0.1, -0.05) is 54.6 Å². The lowest BCUT2D eigenvalue weighted by molar-refractivity contribution is 0.0951. The molecule has 0 radical (unpaired) electrons. The lowest BCUT2D eigenvalue weighted by Crippen LogP contribution is -2.32. The predicted octanol–water partition coefficient (Wildman–Crippen LogP) is 4.57. The van der Waals surface area contributed by atoms with Gasteiger partial charge in [-0.15, -0.1) is 0 Å². The molecule has 0 aromatic heterocycles. The first-order valence-corrected chi connectivity index (χ1v) is 13.5. The molecule has 3 aromatic rings. The molecule has 1 fully saturated rings. The maximum absolute atomic E-state index is 13.1. The summed E-state index contributed by atoms with van der Waals surface area (Å²) in [5.74, 6) is -0.308.